The number of amides is 1. The number of methoxy groups -OCH3 is 1. The summed E-state index contributed by atoms with van der Waals surface area (Å²) in [5, 5.41) is 11.7. The summed E-state index contributed by atoms with van der Waals surface area (Å²) in [7, 11) is 1.63. The van der Waals surface area contributed by atoms with Crippen LogP contribution in [0.5, 0.6) is 0 Å². The lowest BCUT2D eigenvalue weighted by Gasteiger charge is -2.11. The SMILES string of the molecule is COCCCNC(=O)C(C)Sc1nnc(-c2cccc(Cl)c2)n1N. The molecule has 1 aromatic carbocycles. The standard InChI is InChI=1S/C15H20ClN5O2S/c1-10(14(22)18-7-4-8-23-2)24-15-20-19-13(21(15)17)11-5-3-6-12(16)9-11/h3,5-6,9-10H,4,7-8,17H2,1-2H3,(H,18,22). The normalized spacial score (nSPS) is 12.1. The number of nitrogen functional groups attached to an aromatic ring is 1. The first-order valence-electron chi connectivity index (χ1n) is 7.42. The van der Waals surface area contributed by atoms with Crippen LogP contribution >= 0.6 is 23.4 Å². The molecule has 0 saturated carbocycles. The molecule has 3 N–H and O–H groups in total. The molecule has 0 fully saturated rings. The van der Waals surface area contributed by atoms with Crippen molar-refractivity contribution in [2.45, 2.75) is 23.8 Å². The van der Waals surface area contributed by atoms with E-state index in [1.807, 2.05) is 12.1 Å². The number of aromatic nitrogens is 3. The Kier molecular flexibility index (Phi) is 6.89. The number of carbonyl (C=O) groups excluding carboxylic acids is 1. The average Bonchev–Trinajstić information content (AvgIpc) is 2.92. The number of hydrogen-bond donors (Lipinski definition) is 2. The van der Waals surface area contributed by atoms with E-state index in [9.17, 15) is 4.79 Å². The van der Waals surface area contributed by atoms with E-state index in [0.717, 1.165) is 12.0 Å². The maximum Gasteiger partial charge on any atom is 0.233 e. The van der Waals surface area contributed by atoms with Gasteiger partial charge >= 0.3 is 0 Å². The van der Waals surface area contributed by atoms with Crippen molar-refractivity contribution in [3.05, 3.63) is 29.3 Å². The highest BCUT2D eigenvalue weighted by molar-refractivity contribution is 8.00. The van der Waals surface area contributed by atoms with Gasteiger partial charge < -0.3 is 15.9 Å². The monoisotopic (exact) mass is 369 g/mol. The molecule has 1 aromatic heterocycles. The topological polar surface area (TPSA) is 95.1 Å². The zero-order valence-electron chi connectivity index (χ0n) is 13.5. The first kappa shape index (κ1) is 18.6. The molecule has 130 valence electrons. The fraction of sp³-hybridized carbons (Fsp3) is 0.400. The average molecular weight is 370 g/mol. The molecule has 0 aliphatic heterocycles. The lowest BCUT2D eigenvalue weighted by molar-refractivity contribution is -0.120. The van der Waals surface area contributed by atoms with Crippen LogP contribution in [0.15, 0.2) is 29.4 Å². The minimum Gasteiger partial charge on any atom is -0.385 e. The number of nitrogens with two attached hydrogens (primary N) is 1. The summed E-state index contributed by atoms with van der Waals surface area (Å²) in [4.78, 5) is 12.1. The summed E-state index contributed by atoms with van der Waals surface area (Å²) in [5.74, 6) is 6.47. The molecular weight excluding hydrogens is 350 g/mol. The molecule has 1 atom stereocenters. The summed E-state index contributed by atoms with van der Waals surface area (Å²) in [6.45, 7) is 2.98. The Bertz CT molecular complexity index is 694. The van der Waals surface area contributed by atoms with Gasteiger partial charge in [0.1, 0.15) is 0 Å². The van der Waals surface area contributed by atoms with Crippen LogP contribution in [0.1, 0.15) is 13.3 Å². The van der Waals surface area contributed by atoms with Crippen LogP contribution in [-0.4, -0.2) is 46.3 Å². The van der Waals surface area contributed by atoms with Crippen molar-refractivity contribution in [2.75, 3.05) is 26.1 Å². The molecule has 2 aromatic rings. The van der Waals surface area contributed by atoms with E-state index in [-0.39, 0.29) is 11.2 Å². The van der Waals surface area contributed by atoms with E-state index in [4.69, 9.17) is 22.2 Å². The number of carbonyl (C=O) groups is 1. The van der Waals surface area contributed by atoms with Gasteiger partial charge in [0, 0.05) is 30.8 Å². The van der Waals surface area contributed by atoms with Gasteiger partial charge in [0.05, 0.1) is 5.25 Å². The maximum absolute atomic E-state index is 12.1. The van der Waals surface area contributed by atoms with Gasteiger partial charge in [-0.2, -0.15) is 0 Å². The molecule has 0 aliphatic carbocycles. The lowest BCUT2D eigenvalue weighted by Crippen LogP contribution is -2.32. The number of hydrogen-bond acceptors (Lipinski definition) is 6. The quantitative estimate of drug-likeness (QED) is 0.419. The van der Waals surface area contributed by atoms with E-state index in [1.165, 1.54) is 16.4 Å². The molecule has 9 heteroatoms. The van der Waals surface area contributed by atoms with E-state index in [2.05, 4.69) is 15.5 Å². The highest BCUT2D eigenvalue weighted by Gasteiger charge is 2.19. The van der Waals surface area contributed by atoms with Gasteiger partial charge in [0.15, 0.2) is 5.82 Å². The van der Waals surface area contributed by atoms with Gasteiger partial charge in [-0.15, -0.1) is 10.2 Å². The summed E-state index contributed by atoms with van der Waals surface area (Å²) >= 11 is 7.24. The van der Waals surface area contributed by atoms with Gasteiger partial charge in [-0.05, 0) is 25.5 Å². The van der Waals surface area contributed by atoms with Gasteiger partial charge in [-0.3, -0.25) is 4.79 Å². The number of halogens is 1. The Morgan fingerprint density at radius 3 is 3.00 bits per heavy atom. The van der Waals surface area contributed by atoms with Crippen molar-refractivity contribution >= 4 is 29.3 Å². The Morgan fingerprint density at radius 1 is 1.50 bits per heavy atom. The predicted octanol–water partition coefficient (Wildman–Crippen LogP) is 1.95. The van der Waals surface area contributed by atoms with Crippen LogP contribution in [0, 0.1) is 0 Å². The smallest absolute Gasteiger partial charge is 0.233 e. The Labute approximate surface area is 149 Å². The van der Waals surface area contributed by atoms with Crippen molar-refractivity contribution < 1.29 is 9.53 Å². The highest BCUT2D eigenvalue weighted by atomic mass is 35.5. The molecule has 0 bridgehead atoms. The number of rotatable bonds is 8. The van der Waals surface area contributed by atoms with Crippen molar-refractivity contribution in [1.29, 1.82) is 0 Å². The number of thioether (sulfide) groups is 1. The molecule has 7 nitrogen and oxygen atoms in total. The summed E-state index contributed by atoms with van der Waals surface area (Å²) in [5.41, 5.74) is 0.765. The zero-order chi connectivity index (χ0) is 17.5. The van der Waals surface area contributed by atoms with Gasteiger partial charge in [-0.25, -0.2) is 4.68 Å². The molecular formula is C15H20ClN5O2S. The number of ether oxygens (including phenoxy) is 1. The van der Waals surface area contributed by atoms with Crippen LogP contribution in [-0.2, 0) is 9.53 Å². The van der Waals surface area contributed by atoms with Crippen LogP contribution in [0.2, 0.25) is 5.02 Å². The number of benzene rings is 1. The minimum atomic E-state index is -0.341. The Hall–Kier alpha value is -1.77. The van der Waals surface area contributed by atoms with Crippen LogP contribution in [0.3, 0.4) is 0 Å². The molecule has 24 heavy (non-hydrogen) atoms. The van der Waals surface area contributed by atoms with E-state index < -0.39 is 0 Å². The van der Waals surface area contributed by atoms with Crippen LogP contribution < -0.4 is 11.2 Å². The third kappa shape index (κ3) is 4.86. The minimum absolute atomic E-state index is 0.0802. The predicted molar refractivity (Wildman–Crippen MR) is 95.4 cm³/mol. The van der Waals surface area contributed by atoms with E-state index in [1.54, 1.807) is 26.2 Å². The number of nitrogens with one attached hydrogen (secondary N) is 1. The Morgan fingerprint density at radius 2 is 2.29 bits per heavy atom. The zero-order valence-corrected chi connectivity index (χ0v) is 15.1. The molecule has 1 amide bonds. The molecule has 0 spiro atoms. The van der Waals surface area contributed by atoms with Crippen molar-refractivity contribution in [3.8, 4) is 11.4 Å². The Balaban J connectivity index is 1.99. The fourth-order valence-corrected chi connectivity index (χ4v) is 2.95. The van der Waals surface area contributed by atoms with Crippen LogP contribution in [0.4, 0.5) is 0 Å². The third-order valence-electron chi connectivity index (χ3n) is 3.22. The summed E-state index contributed by atoms with van der Waals surface area (Å²) in [6.07, 6.45) is 0.769. The van der Waals surface area contributed by atoms with Gasteiger partial charge in [0.25, 0.3) is 0 Å². The molecule has 1 heterocycles. The summed E-state index contributed by atoms with van der Waals surface area (Å²) < 4.78 is 6.31. The second-order valence-electron chi connectivity index (χ2n) is 5.08. The van der Waals surface area contributed by atoms with Crippen molar-refractivity contribution in [2.24, 2.45) is 0 Å². The highest BCUT2D eigenvalue weighted by Crippen LogP contribution is 2.26. The fourth-order valence-electron chi connectivity index (χ4n) is 1.97. The number of nitrogens with zero attached hydrogens (tertiary/aromatic N) is 3. The van der Waals surface area contributed by atoms with Crippen molar-refractivity contribution in [3.63, 3.8) is 0 Å². The maximum atomic E-state index is 12.1. The van der Waals surface area contributed by atoms with E-state index >= 15 is 0 Å². The van der Waals surface area contributed by atoms with Gasteiger partial charge in [-0.1, -0.05) is 35.5 Å². The second-order valence-corrected chi connectivity index (χ2v) is 6.83. The molecule has 2 rings (SSSR count). The first-order chi connectivity index (χ1) is 11.5. The molecule has 0 saturated heterocycles. The largest absolute Gasteiger partial charge is 0.385 e. The van der Waals surface area contributed by atoms with Crippen molar-refractivity contribution in [1.82, 2.24) is 20.2 Å². The van der Waals surface area contributed by atoms with E-state index in [0.29, 0.717) is 29.2 Å². The summed E-state index contributed by atoms with van der Waals surface area (Å²) in [6, 6.07) is 7.19. The second kappa shape index (κ2) is 8.91. The lowest BCUT2D eigenvalue weighted by atomic mass is 10.2. The van der Waals surface area contributed by atoms with Crippen LogP contribution in [0.25, 0.3) is 11.4 Å². The molecule has 1 unspecified atom stereocenters. The van der Waals surface area contributed by atoms with Gasteiger partial charge in [0.2, 0.25) is 11.1 Å². The first-order valence-corrected chi connectivity index (χ1v) is 8.68. The molecule has 0 aliphatic rings. The third-order valence-corrected chi connectivity index (χ3v) is 4.52. The molecule has 0 radical (unpaired) electrons.